The minimum atomic E-state index is -0.515. The minimum Gasteiger partial charge on any atom is -0.410 e. The van der Waals surface area contributed by atoms with E-state index in [0.29, 0.717) is 36.5 Å². The van der Waals surface area contributed by atoms with E-state index in [1.807, 2.05) is 55.5 Å². The number of aliphatic hydroxyl groups is 1. The highest BCUT2D eigenvalue weighted by Crippen LogP contribution is 2.27. The number of hydrogen-bond acceptors (Lipinski definition) is 6. The van der Waals surface area contributed by atoms with Gasteiger partial charge in [0, 0.05) is 35.7 Å². The Morgan fingerprint density at radius 3 is 2.53 bits per heavy atom. The van der Waals surface area contributed by atoms with Crippen LogP contribution in [0.2, 0.25) is 0 Å². The maximum absolute atomic E-state index is 13.0. The van der Waals surface area contributed by atoms with Crippen molar-refractivity contribution in [1.29, 1.82) is 5.41 Å². The number of nitrogens with zero attached hydrogens (tertiary/aromatic N) is 2. The van der Waals surface area contributed by atoms with Gasteiger partial charge in [0.05, 0.1) is 17.6 Å². The molecule has 9 nitrogen and oxygen atoms in total. The predicted octanol–water partition coefficient (Wildman–Crippen LogP) is 4.58. The van der Waals surface area contributed by atoms with E-state index in [4.69, 9.17) is 15.9 Å². The summed E-state index contributed by atoms with van der Waals surface area (Å²) >= 11 is 0. The minimum absolute atomic E-state index is 0. The first-order chi connectivity index (χ1) is 17.0. The summed E-state index contributed by atoms with van der Waals surface area (Å²) < 4.78 is 5.74. The third kappa shape index (κ3) is 6.12. The van der Waals surface area contributed by atoms with Gasteiger partial charge >= 0.3 is 6.09 Å². The zero-order chi connectivity index (χ0) is 24.8. The number of benzene rings is 3. The van der Waals surface area contributed by atoms with Gasteiger partial charge in [-0.2, -0.15) is 0 Å². The van der Waals surface area contributed by atoms with Crippen LogP contribution >= 0.6 is 12.4 Å². The Hall–Kier alpha value is -4.08. The Kier molecular flexibility index (Phi) is 8.88. The van der Waals surface area contributed by atoms with Crippen LogP contribution in [0.3, 0.4) is 0 Å². The molecular formula is C26H29ClN6O3. The molecular weight excluding hydrogens is 480 g/mol. The summed E-state index contributed by atoms with van der Waals surface area (Å²) in [7, 11) is 0. The van der Waals surface area contributed by atoms with Crippen LogP contribution in [0.4, 0.5) is 16.2 Å². The average molecular weight is 509 g/mol. The molecule has 0 bridgehead atoms. The van der Waals surface area contributed by atoms with E-state index in [1.54, 1.807) is 18.2 Å². The lowest BCUT2D eigenvalue weighted by Gasteiger charge is -2.22. The van der Waals surface area contributed by atoms with E-state index < -0.39 is 6.09 Å². The third-order valence-corrected chi connectivity index (χ3v) is 5.59. The summed E-state index contributed by atoms with van der Waals surface area (Å²) in [5.41, 5.74) is 10.1. The molecule has 0 aliphatic heterocycles. The molecule has 0 fully saturated rings. The quantitative estimate of drug-likeness (QED) is 0.165. The highest BCUT2D eigenvalue weighted by molar-refractivity contribution is 5.95. The molecule has 10 heteroatoms. The number of aryl methyl sites for hydroxylation is 1. The highest BCUT2D eigenvalue weighted by atomic mass is 35.5. The molecule has 1 aromatic heterocycles. The Bertz CT molecular complexity index is 1330. The number of nitrogens with two attached hydrogens (primary N) is 1. The number of aromatic nitrogens is 2. The maximum atomic E-state index is 13.0. The first kappa shape index (κ1) is 26.5. The van der Waals surface area contributed by atoms with Crippen molar-refractivity contribution >= 4 is 46.7 Å². The molecule has 0 spiro atoms. The van der Waals surface area contributed by atoms with Crippen molar-refractivity contribution in [3.05, 3.63) is 83.7 Å². The number of rotatable bonds is 9. The monoisotopic (exact) mass is 508 g/mol. The summed E-state index contributed by atoms with van der Waals surface area (Å²) in [5.74, 6) is 1.19. The van der Waals surface area contributed by atoms with Crippen molar-refractivity contribution in [2.45, 2.75) is 19.9 Å². The Labute approximate surface area is 215 Å². The van der Waals surface area contributed by atoms with Gasteiger partial charge in [0.2, 0.25) is 0 Å². The largest absolute Gasteiger partial charge is 0.419 e. The van der Waals surface area contributed by atoms with Crippen LogP contribution in [-0.2, 0) is 6.54 Å². The van der Waals surface area contributed by atoms with E-state index in [0.717, 1.165) is 28.1 Å². The first-order valence-electron chi connectivity index (χ1n) is 11.3. The van der Waals surface area contributed by atoms with Crippen molar-refractivity contribution in [2.24, 2.45) is 5.73 Å². The predicted molar refractivity (Wildman–Crippen MR) is 144 cm³/mol. The number of H-pyrrole nitrogens is 1. The molecule has 3 aromatic carbocycles. The third-order valence-electron chi connectivity index (χ3n) is 5.59. The maximum Gasteiger partial charge on any atom is 0.419 e. The van der Waals surface area contributed by atoms with Gasteiger partial charge in [-0.25, -0.2) is 9.78 Å². The second kappa shape index (κ2) is 12.1. The van der Waals surface area contributed by atoms with Crippen molar-refractivity contribution in [2.75, 3.05) is 23.4 Å². The molecule has 36 heavy (non-hydrogen) atoms. The Morgan fingerprint density at radius 1 is 1.14 bits per heavy atom. The summed E-state index contributed by atoms with van der Waals surface area (Å²) in [6.07, 6.45) is -0.0755. The first-order valence-corrected chi connectivity index (χ1v) is 11.3. The van der Waals surface area contributed by atoms with Crippen LogP contribution in [0.1, 0.15) is 23.4 Å². The molecule has 0 atom stereocenters. The van der Waals surface area contributed by atoms with Crippen molar-refractivity contribution in [3.63, 3.8) is 0 Å². The van der Waals surface area contributed by atoms with Crippen LogP contribution in [0.25, 0.3) is 11.0 Å². The number of fused-ring (bicyclic) bond motifs is 1. The number of aromatic amines is 1. The van der Waals surface area contributed by atoms with Gasteiger partial charge in [-0.05, 0) is 61.9 Å². The zero-order valence-electron chi connectivity index (χ0n) is 19.8. The van der Waals surface area contributed by atoms with E-state index in [-0.39, 0.29) is 24.8 Å². The number of nitrogen functional groups attached to an aromatic ring is 1. The van der Waals surface area contributed by atoms with Crippen molar-refractivity contribution in [3.8, 4) is 5.75 Å². The number of imidazole rings is 1. The van der Waals surface area contributed by atoms with Crippen LogP contribution in [0.5, 0.6) is 5.75 Å². The molecule has 0 aliphatic carbocycles. The Morgan fingerprint density at radius 2 is 1.86 bits per heavy atom. The lowest BCUT2D eigenvalue weighted by atomic mass is 10.2. The van der Waals surface area contributed by atoms with Crippen molar-refractivity contribution in [1.82, 2.24) is 9.97 Å². The fourth-order valence-corrected chi connectivity index (χ4v) is 3.70. The van der Waals surface area contributed by atoms with Crippen LogP contribution in [0, 0.1) is 12.3 Å². The molecule has 4 rings (SSSR count). The van der Waals surface area contributed by atoms with E-state index in [9.17, 15) is 9.90 Å². The van der Waals surface area contributed by atoms with E-state index in [2.05, 4.69) is 15.3 Å². The fourth-order valence-electron chi connectivity index (χ4n) is 3.70. The number of para-hydroxylation sites is 1. The van der Waals surface area contributed by atoms with Gasteiger partial charge in [0.15, 0.2) is 0 Å². The van der Waals surface area contributed by atoms with Gasteiger partial charge in [-0.3, -0.25) is 10.3 Å². The number of carbonyl (C=O) groups excluding carboxylic acids is 1. The van der Waals surface area contributed by atoms with Crippen LogP contribution in [0.15, 0.2) is 66.7 Å². The number of carbonyl (C=O) groups is 1. The highest BCUT2D eigenvalue weighted by Gasteiger charge is 2.20. The second-order valence-corrected chi connectivity index (χ2v) is 8.05. The Balaban J connectivity index is 0.00000361. The molecule has 188 valence electrons. The summed E-state index contributed by atoms with van der Waals surface area (Å²) in [6.45, 7) is 2.65. The number of anilines is 2. The average Bonchev–Trinajstić information content (AvgIpc) is 3.30. The van der Waals surface area contributed by atoms with Gasteiger partial charge < -0.3 is 25.9 Å². The second-order valence-electron chi connectivity index (χ2n) is 8.05. The molecule has 0 saturated heterocycles. The van der Waals surface area contributed by atoms with Crippen LogP contribution in [-0.4, -0.2) is 40.2 Å². The smallest absolute Gasteiger partial charge is 0.410 e. The molecule has 1 amide bonds. The van der Waals surface area contributed by atoms with Crippen molar-refractivity contribution < 1.29 is 14.6 Å². The summed E-state index contributed by atoms with van der Waals surface area (Å²) in [5, 5.41) is 20.0. The standard InChI is InChI=1S/C26H28N6O3.ClH/c1-17-22(35-26(34)32(14-5-15-33)20-6-3-2-4-7-20)13-12-21-24(17)31-23(30-21)16-29-19-10-8-18(9-11-19)25(27)28;/h2-4,6-13,29,33H,5,14-16H2,1H3,(H3,27,28)(H,30,31);1H. The summed E-state index contributed by atoms with van der Waals surface area (Å²) in [6, 6.07) is 20.1. The summed E-state index contributed by atoms with van der Waals surface area (Å²) in [4.78, 5) is 22.5. The van der Waals surface area contributed by atoms with E-state index in [1.165, 1.54) is 4.90 Å². The van der Waals surface area contributed by atoms with E-state index >= 15 is 0 Å². The number of aliphatic hydroxyl groups excluding tert-OH is 1. The molecule has 4 aromatic rings. The fraction of sp³-hybridized carbons (Fsp3) is 0.192. The normalized spacial score (nSPS) is 10.5. The molecule has 1 heterocycles. The van der Waals surface area contributed by atoms with Gasteiger partial charge in [0.1, 0.15) is 17.4 Å². The van der Waals surface area contributed by atoms with Gasteiger partial charge in [-0.1, -0.05) is 18.2 Å². The topological polar surface area (TPSA) is 140 Å². The van der Waals surface area contributed by atoms with Gasteiger partial charge in [0.25, 0.3) is 0 Å². The van der Waals surface area contributed by atoms with Gasteiger partial charge in [-0.15, -0.1) is 12.4 Å². The zero-order valence-corrected chi connectivity index (χ0v) is 20.6. The molecule has 0 unspecified atom stereocenters. The number of amides is 1. The number of hydrogen-bond donors (Lipinski definition) is 5. The number of amidine groups is 1. The molecule has 6 N–H and O–H groups in total. The number of ether oxygens (including phenoxy) is 1. The SMILES string of the molecule is Cc1c(OC(=O)N(CCCO)c2ccccc2)ccc2[nH]c(CNc3ccc(C(=N)N)cc3)nc12.Cl. The lowest BCUT2D eigenvalue weighted by molar-refractivity contribution is 0.206. The molecule has 0 saturated carbocycles. The lowest BCUT2D eigenvalue weighted by Crippen LogP contribution is -2.35. The number of halogens is 1. The number of nitrogens with one attached hydrogen (secondary N) is 3. The van der Waals surface area contributed by atoms with Crippen LogP contribution < -0.4 is 20.7 Å². The molecule has 0 aliphatic rings. The molecule has 0 radical (unpaired) electrons.